The summed E-state index contributed by atoms with van der Waals surface area (Å²) < 4.78 is 9.81. The minimum Gasteiger partial charge on any atom is -0.469 e. The molecule has 0 aromatic heterocycles. The van der Waals surface area contributed by atoms with Gasteiger partial charge in [0.2, 0.25) is 5.91 Å². The number of hydrogen-bond donors (Lipinski definition) is 2. The summed E-state index contributed by atoms with van der Waals surface area (Å²) in [5.41, 5.74) is 5.90. The van der Waals surface area contributed by atoms with Crippen LogP contribution in [0.25, 0.3) is 0 Å². The molecule has 112 valence electrons. The van der Waals surface area contributed by atoms with Crippen LogP contribution >= 0.6 is 12.4 Å². The fourth-order valence-corrected chi connectivity index (χ4v) is 1.95. The van der Waals surface area contributed by atoms with E-state index in [0.717, 1.165) is 12.8 Å². The molecule has 7 heteroatoms. The number of carbonyl (C=O) groups is 2. The minimum absolute atomic E-state index is 0. The van der Waals surface area contributed by atoms with Crippen LogP contribution in [0.3, 0.4) is 0 Å². The minimum atomic E-state index is -0.529. The van der Waals surface area contributed by atoms with E-state index in [1.807, 2.05) is 0 Å². The molecule has 3 N–H and O–H groups in total. The second kappa shape index (κ2) is 9.12. The van der Waals surface area contributed by atoms with Gasteiger partial charge in [-0.1, -0.05) is 6.92 Å². The first-order chi connectivity index (χ1) is 8.56. The Kier molecular flexibility index (Phi) is 8.71. The van der Waals surface area contributed by atoms with Gasteiger partial charge in [-0.2, -0.15) is 0 Å². The lowest BCUT2D eigenvalue weighted by Gasteiger charge is -2.27. The molecular weight excluding hydrogens is 272 g/mol. The van der Waals surface area contributed by atoms with Crippen LogP contribution in [0.5, 0.6) is 0 Å². The molecule has 1 aliphatic heterocycles. The Morgan fingerprint density at radius 3 is 2.53 bits per heavy atom. The highest BCUT2D eigenvalue weighted by Crippen LogP contribution is 2.17. The Bertz CT molecular complexity index is 295. The topological polar surface area (TPSA) is 90.7 Å². The van der Waals surface area contributed by atoms with E-state index in [9.17, 15) is 9.59 Å². The van der Waals surface area contributed by atoms with Crippen LogP contribution in [-0.2, 0) is 19.1 Å². The van der Waals surface area contributed by atoms with Gasteiger partial charge in [-0.05, 0) is 18.8 Å². The molecule has 1 fully saturated rings. The second-order valence-corrected chi connectivity index (χ2v) is 4.64. The number of nitrogens with two attached hydrogens (primary N) is 1. The maximum absolute atomic E-state index is 11.8. The van der Waals surface area contributed by atoms with Gasteiger partial charge in [0.05, 0.1) is 19.1 Å². The van der Waals surface area contributed by atoms with Crippen LogP contribution in [0.15, 0.2) is 0 Å². The standard InChI is InChI=1S/C12H22N2O4.ClH/c1-8(12(16)17-2)7-14-11(15)10(13)9-3-5-18-6-4-9;/h8-10H,3-7,13H2,1-2H3,(H,14,15);1H. The first-order valence-electron chi connectivity index (χ1n) is 6.25. The van der Waals surface area contributed by atoms with Crippen molar-refractivity contribution in [1.82, 2.24) is 5.32 Å². The number of hydrogen-bond acceptors (Lipinski definition) is 5. The number of amides is 1. The predicted molar refractivity (Wildman–Crippen MR) is 73.0 cm³/mol. The third-order valence-electron chi connectivity index (χ3n) is 3.26. The van der Waals surface area contributed by atoms with Gasteiger partial charge < -0.3 is 20.5 Å². The van der Waals surface area contributed by atoms with Crippen LogP contribution in [0.2, 0.25) is 0 Å². The van der Waals surface area contributed by atoms with Gasteiger partial charge in [0.1, 0.15) is 0 Å². The van der Waals surface area contributed by atoms with Crippen molar-refractivity contribution in [3.63, 3.8) is 0 Å². The van der Waals surface area contributed by atoms with Crippen LogP contribution in [0, 0.1) is 11.8 Å². The summed E-state index contributed by atoms with van der Waals surface area (Å²) in [6, 6.07) is -0.529. The second-order valence-electron chi connectivity index (χ2n) is 4.64. The van der Waals surface area contributed by atoms with Crippen LogP contribution in [-0.4, -0.2) is 44.8 Å². The lowest BCUT2D eigenvalue weighted by atomic mass is 9.92. The van der Waals surface area contributed by atoms with Crippen molar-refractivity contribution in [2.24, 2.45) is 17.6 Å². The quantitative estimate of drug-likeness (QED) is 0.701. The normalized spacial score (nSPS) is 18.9. The van der Waals surface area contributed by atoms with Crippen LogP contribution in [0.1, 0.15) is 19.8 Å². The van der Waals surface area contributed by atoms with Crippen LogP contribution < -0.4 is 11.1 Å². The lowest BCUT2D eigenvalue weighted by Crippen LogP contribution is -2.48. The summed E-state index contributed by atoms with van der Waals surface area (Å²) in [5.74, 6) is -0.749. The van der Waals surface area contributed by atoms with E-state index >= 15 is 0 Å². The van der Waals surface area contributed by atoms with Gasteiger partial charge in [-0.15, -0.1) is 12.4 Å². The lowest BCUT2D eigenvalue weighted by molar-refractivity contribution is -0.144. The molecule has 1 saturated heterocycles. The molecule has 2 atom stereocenters. The number of esters is 1. The van der Waals surface area contributed by atoms with Gasteiger partial charge in [0.25, 0.3) is 0 Å². The van der Waals surface area contributed by atoms with E-state index in [0.29, 0.717) is 13.2 Å². The summed E-state index contributed by atoms with van der Waals surface area (Å²) in [7, 11) is 1.33. The predicted octanol–water partition coefficient (Wildman–Crippen LogP) is 0.0874. The van der Waals surface area contributed by atoms with E-state index in [4.69, 9.17) is 10.5 Å². The first kappa shape index (κ1) is 18.1. The molecule has 1 rings (SSSR count). The molecule has 19 heavy (non-hydrogen) atoms. The highest BCUT2D eigenvalue weighted by atomic mass is 35.5. The zero-order chi connectivity index (χ0) is 13.5. The number of halogens is 1. The Labute approximate surface area is 119 Å². The molecule has 0 bridgehead atoms. The smallest absolute Gasteiger partial charge is 0.310 e. The van der Waals surface area contributed by atoms with E-state index in [1.165, 1.54) is 7.11 Å². The summed E-state index contributed by atoms with van der Waals surface area (Å²) in [6.07, 6.45) is 1.61. The molecule has 0 saturated carbocycles. The Morgan fingerprint density at radius 2 is 2.00 bits per heavy atom. The summed E-state index contributed by atoms with van der Waals surface area (Å²) in [5, 5.41) is 2.69. The van der Waals surface area contributed by atoms with Gasteiger partial charge in [0.15, 0.2) is 0 Å². The Hall–Kier alpha value is -0.850. The molecule has 0 aromatic carbocycles. The molecule has 0 spiro atoms. The van der Waals surface area contributed by atoms with Gasteiger partial charge in [0, 0.05) is 19.8 Å². The highest BCUT2D eigenvalue weighted by Gasteiger charge is 2.27. The number of ether oxygens (including phenoxy) is 2. The van der Waals surface area contributed by atoms with Gasteiger partial charge in [-0.3, -0.25) is 9.59 Å². The van der Waals surface area contributed by atoms with Gasteiger partial charge >= 0.3 is 5.97 Å². The molecule has 1 amide bonds. The molecule has 1 aliphatic rings. The first-order valence-corrected chi connectivity index (χ1v) is 6.25. The number of nitrogens with one attached hydrogen (secondary N) is 1. The molecule has 6 nitrogen and oxygen atoms in total. The maximum atomic E-state index is 11.8. The SMILES string of the molecule is COC(=O)C(C)CNC(=O)C(N)C1CCOCC1.Cl. The molecular formula is C12H23ClN2O4. The third kappa shape index (κ3) is 5.76. The van der Waals surface area contributed by atoms with Crippen LogP contribution in [0.4, 0.5) is 0 Å². The van der Waals surface area contributed by atoms with Crippen molar-refractivity contribution in [3.05, 3.63) is 0 Å². The summed E-state index contributed by atoms with van der Waals surface area (Å²) in [4.78, 5) is 23.0. The molecule has 0 radical (unpaired) electrons. The van der Waals surface area contributed by atoms with Crippen molar-refractivity contribution in [2.45, 2.75) is 25.8 Å². The van der Waals surface area contributed by atoms with Crippen molar-refractivity contribution in [1.29, 1.82) is 0 Å². The number of methoxy groups -OCH3 is 1. The average molecular weight is 295 g/mol. The van der Waals surface area contributed by atoms with Crippen molar-refractivity contribution >= 4 is 24.3 Å². The summed E-state index contributed by atoms with van der Waals surface area (Å²) >= 11 is 0. The van der Waals surface area contributed by atoms with E-state index in [1.54, 1.807) is 6.92 Å². The number of carbonyl (C=O) groups excluding carboxylic acids is 2. The Balaban J connectivity index is 0.00000324. The fraction of sp³-hybridized carbons (Fsp3) is 0.833. The summed E-state index contributed by atoms with van der Waals surface area (Å²) in [6.45, 7) is 3.27. The zero-order valence-electron chi connectivity index (χ0n) is 11.4. The van der Waals surface area contributed by atoms with Crippen molar-refractivity contribution in [3.8, 4) is 0 Å². The van der Waals surface area contributed by atoms with E-state index < -0.39 is 6.04 Å². The largest absolute Gasteiger partial charge is 0.469 e. The van der Waals surface area contributed by atoms with Crippen molar-refractivity contribution < 1.29 is 19.1 Å². The highest BCUT2D eigenvalue weighted by molar-refractivity contribution is 5.85. The van der Waals surface area contributed by atoms with E-state index in [2.05, 4.69) is 10.1 Å². The fourth-order valence-electron chi connectivity index (χ4n) is 1.95. The average Bonchev–Trinajstić information content (AvgIpc) is 2.43. The third-order valence-corrected chi connectivity index (χ3v) is 3.26. The van der Waals surface area contributed by atoms with Crippen molar-refractivity contribution in [2.75, 3.05) is 26.9 Å². The number of rotatable bonds is 5. The maximum Gasteiger partial charge on any atom is 0.310 e. The zero-order valence-corrected chi connectivity index (χ0v) is 12.2. The molecule has 0 aromatic rings. The molecule has 1 heterocycles. The molecule has 2 unspecified atom stereocenters. The monoisotopic (exact) mass is 294 g/mol. The Morgan fingerprint density at radius 1 is 1.42 bits per heavy atom. The van der Waals surface area contributed by atoms with E-state index in [-0.39, 0.29) is 42.7 Å². The molecule has 0 aliphatic carbocycles. The van der Waals surface area contributed by atoms with Gasteiger partial charge in [-0.25, -0.2) is 0 Å².